The number of nitrogens with two attached hydrogens (primary N) is 1. The minimum absolute atomic E-state index is 0.0458. The monoisotopic (exact) mass is 391 g/mol. The van der Waals surface area contributed by atoms with Gasteiger partial charge in [-0.3, -0.25) is 0 Å². The molecule has 3 aromatic rings. The molecule has 0 fully saturated rings. The summed E-state index contributed by atoms with van der Waals surface area (Å²) < 4.78 is 26.8. The number of benzene rings is 2. The molecule has 5 nitrogen and oxygen atoms in total. The molecule has 0 amide bonds. The summed E-state index contributed by atoms with van der Waals surface area (Å²) in [6.45, 7) is 1.89. The van der Waals surface area contributed by atoms with Gasteiger partial charge in [0.25, 0.3) is 10.0 Å². The lowest BCUT2D eigenvalue weighted by molar-refractivity contribution is 0.581. The van der Waals surface area contributed by atoms with Crippen LogP contribution in [0.3, 0.4) is 0 Å². The van der Waals surface area contributed by atoms with Crippen molar-refractivity contribution >= 4 is 31.8 Å². The van der Waals surface area contributed by atoms with Crippen LogP contribution in [-0.2, 0) is 10.0 Å². The number of nitrogens with zero attached hydrogens (tertiary/aromatic N) is 2. The fourth-order valence-electron chi connectivity index (χ4n) is 2.17. The lowest BCUT2D eigenvalue weighted by Gasteiger charge is -2.06. The highest BCUT2D eigenvalue weighted by Gasteiger charge is 2.25. The summed E-state index contributed by atoms with van der Waals surface area (Å²) in [6, 6.07) is 15.8. The molecule has 0 unspecified atom stereocenters. The molecule has 0 aliphatic rings. The van der Waals surface area contributed by atoms with Crippen LogP contribution in [-0.4, -0.2) is 17.6 Å². The van der Waals surface area contributed by atoms with Gasteiger partial charge in [-0.2, -0.15) is 13.5 Å². The number of halogens is 1. The Morgan fingerprint density at radius 3 is 2.26 bits per heavy atom. The van der Waals surface area contributed by atoms with Gasteiger partial charge in [0.15, 0.2) is 5.82 Å². The summed E-state index contributed by atoms with van der Waals surface area (Å²) in [4.78, 5) is 0.143. The number of aromatic nitrogens is 2. The zero-order valence-electron chi connectivity index (χ0n) is 12.3. The van der Waals surface area contributed by atoms with Gasteiger partial charge in [-0.25, -0.2) is 0 Å². The van der Waals surface area contributed by atoms with Crippen LogP contribution in [0.5, 0.6) is 0 Å². The van der Waals surface area contributed by atoms with E-state index in [4.69, 9.17) is 5.73 Å². The fraction of sp³-hybridized carbons (Fsp3) is 0.0625. The third-order valence-electron chi connectivity index (χ3n) is 3.42. The van der Waals surface area contributed by atoms with Crippen molar-refractivity contribution in [3.8, 4) is 11.3 Å². The van der Waals surface area contributed by atoms with Crippen molar-refractivity contribution in [2.24, 2.45) is 0 Å². The number of rotatable bonds is 3. The average Bonchev–Trinajstić information content (AvgIpc) is 2.85. The molecule has 0 saturated heterocycles. The van der Waals surface area contributed by atoms with E-state index < -0.39 is 10.0 Å². The van der Waals surface area contributed by atoms with Crippen molar-refractivity contribution in [3.05, 3.63) is 64.6 Å². The van der Waals surface area contributed by atoms with Crippen LogP contribution in [0.1, 0.15) is 5.56 Å². The first-order valence-electron chi connectivity index (χ1n) is 6.83. The summed E-state index contributed by atoms with van der Waals surface area (Å²) in [5.41, 5.74) is 8.21. The van der Waals surface area contributed by atoms with Gasteiger partial charge >= 0.3 is 0 Å². The van der Waals surface area contributed by atoms with Crippen LogP contribution >= 0.6 is 15.9 Å². The number of aryl methyl sites for hydroxylation is 1. The van der Waals surface area contributed by atoms with Crippen molar-refractivity contribution in [1.82, 2.24) is 9.19 Å². The Balaban J connectivity index is 2.16. The van der Waals surface area contributed by atoms with Crippen molar-refractivity contribution in [1.29, 1.82) is 0 Å². The summed E-state index contributed by atoms with van der Waals surface area (Å²) >= 11 is 3.34. The Labute approximate surface area is 142 Å². The summed E-state index contributed by atoms with van der Waals surface area (Å²) in [5.74, 6) is 0.0458. The van der Waals surface area contributed by atoms with Gasteiger partial charge in [-0.15, -0.1) is 4.09 Å². The van der Waals surface area contributed by atoms with E-state index in [1.807, 2.05) is 37.3 Å². The second-order valence-electron chi connectivity index (χ2n) is 5.07. The third kappa shape index (κ3) is 2.77. The molecule has 0 bridgehead atoms. The molecule has 2 N–H and O–H groups in total. The van der Waals surface area contributed by atoms with Crippen LogP contribution < -0.4 is 5.73 Å². The second kappa shape index (κ2) is 5.82. The van der Waals surface area contributed by atoms with E-state index in [9.17, 15) is 8.42 Å². The smallest absolute Gasteiger partial charge is 0.284 e. The molecule has 0 saturated carbocycles. The quantitative estimate of drug-likeness (QED) is 0.741. The maximum absolute atomic E-state index is 12.8. The fourth-order valence-corrected chi connectivity index (χ4v) is 3.98. The molecule has 2 aromatic carbocycles. The Kier molecular flexibility index (Phi) is 3.99. The number of anilines is 1. The lowest BCUT2D eigenvalue weighted by Crippen LogP contribution is -2.17. The van der Waals surface area contributed by atoms with E-state index >= 15 is 0 Å². The summed E-state index contributed by atoms with van der Waals surface area (Å²) in [6.07, 6.45) is 0. The van der Waals surface area contributed by atoms with Crippen LogP contribution in [0.4, 0.5) is 5.82 Å². The largest absolute Gasteiger partial charge is 0.382 e. The second-order valence-corrected chi connectivity index (χ2v) is 7.64. The summed E-state index contributed by atoms with van der Waals surface area (Å²) in [5, 5.41) is 4.21. The summed E-state index contributed by atoms with van der Waals surface area (Å²) in [7, 11) is -3.85. The maximum atomic E-state index is 12.8. The zero-order chi connectivity index (χ0) is 16.6. The highest BCUT2D eigenvalue weighted by atomic mass is 79.9. The predicted molar refractivity (Wildman–Crippen MR) is 93.5 cm³/mol. The molecule has 0 radical (unpaired) electrons. The molecule has 0 aliphatic carbocycles. The molecule has 0 spiro atoms. The first kappa shape index (κ1) is 15.8. The van der Waals surface area contributed by atoms with Crippen molar-refractivity contribution < 1.29 is 8.42 Å². The number of hydrogen-bond donors (Lipinski definition) is 1. The Morgan fingerprint density at radius 1 is 1.04 bits per heavy atom. The normalized spacial score (nSPS) is 11.6. The van der Waals surface area contributed by atoms with Gasteiger partial charge in [-0.05, 0) is 35.0 Å². The highest BCUT2D eigenvalue weighted by molar-refractivity contribution is 9.10. The molecular weight excluding hydrogens is 378 g/mol. The SMILES string of the molecule is Cc1ccc(S(=O)(=O)n2nc(-c3ccccc3)c(Br)c2N)cc1. The van der Waals surface area contributed by atoms with Crippen molar-refractivity contribution in [2.75, 3.05) is 5.73 Å². The molecule has 7 heteroatoms. The first-order chi connectivity index (χ1) is 10.9. The third-order valence-corrected chi connectivity index (χ3v) is 5.81. The number of hydrogen-bond acceptors (Lipinski definition) is 4. The van der Waals surface area contributed by atoms with E-state index in [0.717, 1.165) is 15.2 Å². The maximum Gasteiger partial charge on any atom is 0.284 e. The van der Waals surface area contributed by atoms with E-state index in [1.165, 1.54) is 0 Å². The van der Waals surface area contributed by atoms with Gasteiger partial charge in [0.1, 0.15) is 5.69 Å². The molecule has 0 atom stereocenters. The molecule has 1 heterocycles. The molecule has 3 rings (SSSR count). The van der Waals surface area contributed by atoms with E-state index in [2.05, 4.69) is 21.0 Å². The van der Waals surface area contributed by atoms with Crippen molar-refractivity contribution in [3.63, 3.8) is 0 Å². The van der Waals surface area contributed by atoms with Crippen molar-refractivity contribution in [2.45, 2.75) is 11.8 Å². The van der Waals surface area contributed by atoms with Gasteiger partial charge in [0, 0.05) is 5.56 Å². The Hall–Kier alpha value is -2.12. The van der Waals surface area contributed by atoms with Crippen LogP contribution in [0, 0.1) is 6.92 Å². The topological polar surface area (TPSA) is 78.0 Å². The Bertz CT molecular complexity index is 949. The number of nitrogen functional groups attached to an aromatic ring is 1. The van der Waals surface area contributed by atoms with Gasteiger partial charge in [0.2, 0.25) is 0 Å². The van der Waals surface area contributed by atoms with Gasteiger partial charge < -0.3 is 5.73 Å². The first-order valence-corrected chi connectivity index (χ1v) is 9.06. The van der Waals surface area contributed by atoms with Gasteiger partial charge in [-0.1, -0.05) is 48.0 Å². The van der Waals surface area contributed by atoms with Crippen LogP contribution in [0.25, 0.3) is 11.3 Å². The molecule has 118 valence electrons. The standard InChI is InChI=1S/C16H14BrN3O2S/c1-11-7-9-13(10-8-11)23(21,22)20-16(18)14(17)15(19-20)12-5-3-2-4-6-12/h2-10H,18H2,1H3. The van der Waals surface area contributed by atoms with Crippen LogP contribution in [0.2, 0.25) is 0 Å². The molecule has 1 aromatic heterocycles. The highest BCUT2D eigenvalue weighted by Crippen LogP contribution is 2.33. The zero-order valence-corrected chi connectivity index (χ0v) is 14.7. The van der Waals surface area contributed by atoms with E-state index in [-0.39, 0.29) is 10.7 Å². The Morgan fingerprint density at radius 2 is 1.65 bits per heavy atom. The minimum Gasteiger partial charge on any atom is -0.382 e. The minimum atomic E-state index is -3.85. The van der Waals surface area contributed by atoms with E-state index in [1.54, 1.807) is 24.3 Å². The predicted octanol–water partition coefficient (Wildman–Crippen LogP) is 3.44. The average molecular weight is 392 g/mol. The lowest BCUT2D eigenvalue weighted by atomic mass is 10.2. The molecule has 0 aliphatic heterocycles. The molecule has 23 heavy (non-hydrogen) atoms. The van der Waals surface area contributed by atoms with E-state index in [0.29, 0.717) is 10.2 Å². The van der Waals surface area contributed by atoms with Crippen LogP contribution in [0.15, 0.2) is 64.0 Å². The van der Waals surface area contributed by atoms with Gasteiger partial charge in [0.05, 0.1) is 9.37 Å². The molecular formula is C16H14BrN3O2S.